The van der Waals surface area contributed by atoms with Gasteiger partial charge in [-0.15, -0.1) is 0 Å². The van der Waals surface area contributed by atoms with Crippen molar-refractivity contribution in [3.05, 3.63) is 73.1 Å². The van der Waals surface area contributed by atoms with Gasteiger partial charge in [-0.25, -0.2) is 13.4 Å². The van der Waals surface area contributed by atoms with Crippen LogP contribution < -0.4 is 10.6 Å². The maximum absolute atomic E-state index is 11.5. The number of fused-ring (bicyclic) bond motifs is 1. The molecular weight excluding hydrogens is 374 g/mol. The van der Waals surface area contributed by atoms with Crippen LogP contribution in [0.1, 0.15) is 0 Å². The van der Waals surface area contributed by atoms with Crippen molar-refractivity contribution >= 4 is 43.9 Å². The first-order valence-corrected chi connectivity index (χ1v) is 10.4. The lowest BCUT2D eigenvalue weighted by Crippen LogP contribution is -2.01. The van der Waals surface area contributed by atoms with Crippen molar-refractivity contribution in [2.45, 2.75) is 4.90 Å². The maximum atomic E-state index is 11.5. The Morgan fingerprint density at radius 1 is 0.857 bits per heavy atom. The van der Waals surface area contributed by atoms with Crippen molar-refractivity contribution in [2.75, 3.05) is 16.9 Å². The Hall–Kier alpha value is -3.52. The average Bonchev–Trinajstić information content (AvgIpc) is 2.68. The van der Waals surface area contributed by atoms with E-state index in [1.54, 1.807) is 42.7 Å². The first-order chi connectivity index (χ1) is 13.5. The van der Waals surface area contributed by atoms with Gasteiger partial charge in [-0.1, -0.05) is 18.2 Å². The zero-order valence-electron chi connectivity index (χ0n) is 15.0. The van der Waals surface area contributed by atoms with Crippen LogP contribution in [-0.4, -0.2) is 29.6 Å². The second-order valence-electron chi connectivity index (χ2n) is 6.23. The molecule has 0 spiro atoms. The number of benzene rings is 2. The number of rotatable bonds is 5. The molecule has 8 heteroatoms. The van der Waals surface area contributed by atoms with Gasteiger partial charge in [-0.05, 0) is 42.5 Å². The Morgan fingerprint density at radius 3 is 2.43 bits per heavy atom. The Balaban J connectivity index is 1.52. The van der Waals surface area contributed by atoms with Gasteiger partial charge >= 0.3 is 0 Å². The molecule has 2 heterocycles. The first-order valence-electron chi connectivity index (χ1n) is 8.49. The zero-order valence-corrected chi connectivity index (χ0v) is 15.8. The Kier molecular flexibility index (Phi) is 4.62. The summed E-state index contributed by atoms with van der Waals surface area (Å²) >= 11 is 0. The fraction of sp³-hybridized carbons (Fsp3) is 0.0500. The van der Waals surface area contributed by atoms with Crippen molar-refractivity contribution in [1.82, 2.24) is 15.0 Å². The fourth-order valence-electron chi connectivity index (χ4n) is 2.69. The van der Waals surface area contributed by atoms with Crippen LogP contribution in [0.4, 0.5) is 23.1 Å². The van der Waals surface area contributed by atoms with Gasteiger partial charge in [0.25, 0.3) is 0 Å². The first kappa shape index (κ1) is 17.9. The minimum atomic E-state index is -3.22. The molecule has 0 amide bonds. The number of nitrogens with one attached hydrogen (secondary N) is 2. The number of anilines is 4. The molecule has 0 aliphatic carbocycles. The molecule has 0 saturated heterocycles. The molecule has 0 bridgehead atoms. The van der Waals surface area contributed by atoms with Crippen LogP contribution in [-0.2, 0) is 9.84 Å². The van der Waals surface area contributed by atoms with Crippen molar-refractivity contribution in [2.24, 2.45) is 0 Å². The number of hydrogen-bond donors (Lipinski definition) is 2. The molecule has 0 radical (unpaired) electrons. The molecule has 140 valence electrons. The number of aromatic nitrogens is 3. The van der Waals surface area contributed by atoms with Crippen LogP contribution in [0, 0.1) is 0 Å². The van der Waals surface area contributed by atoms with Gasteiger partial charge < -0.3 is 10.6 Å². The lowest BCUT2D eigenvalue weighted by molar-refractivity contribution is 0.602. The average molecular weight is 391 g/mol. The molecule has 0 atom stereocenters. The third-order valence-electron chi connectivity index (χ3n) is 4.06. The van der Waals surface area contributed by atoms with E-state index >= 15 is 0 Å². The summed E-state index contributed by atoms with van der Waals surface area (Å²) in [5, 5.41) is 7.32. The van der Waals surface area contributed by atoms with Gasteiger partial charge in [-0.2, -0.15) is 4.98 Å². The van der Waals surface area contributed by atoms with Crippen LogP contribution in [0.25, 0.3) is 10.9 Å². The molecular formula is C20H17N5O2S. The second-order valence-corrected chi connectivity index (χ2v) is 8.24. The van der Waals surface area contributed by atoms with Crippen LogP contribution >= 0.6 is 0 Å². The lowest BCUT2D eigenvalue weighted by atomic mass is 10.2. The SMILES string of the molecule is CS(=O)(=O)c1ccc(Nc2nccc(Nc3cnc4ccccc4c3)n2)cc1. The van der Waals surface area contributed by atoms with Crippen LogP contribution in [0.3, 0.4) is 0 Å². The number of para-hydroxylation sites is 1. The molecule has 4 rings (SSSR count). The van der Waals surface area contributed by atoms with Gasteiger partial charge in [0, 0.05) is 23.5 Å². The highest BCUT2D eigenvalue weighted by atomic mass is 32.2. The van der Waals surface area contributed by atoms with Gasteiger partial charge in [0.1, 0.15) is 5.82 Å². The highest BCUT2D eigenvalue weighted by Gasteiger charge is 2.07. The predicted molar refractivity (Wildman–Crippen MR) is 110 cm³/mol. The summed E-state index contributed by atoms with van der Waals surface area (Å²) in [5.74, 6) is 1.01. The van der Waals surface area contributed by atoms with E-state index in [2.05, 4.69) is 25.6 Å². The fourth-order valence-corrected chi connectivity index (χ4v) is 3.32. The third-order valence-corrected chi connectivity index (χ3v) is 5.19. The summed E-state index contributed by atoms with van der Waals surface area (Å²) in [6.07, 6.45) is 4.56. The molecule has 7 nitrogen and oxygen atoms in total. The third kappa shape index (κ3) is 4.07. The smallest absolute Gasteiger partial charge is 0.229 e. The summed E-state index contributed by atoms with van der Waals surface area (Å²) in [6.45, 7) is 0. The quantitative estimate of drug-likeness (QED) is 0.532. The molecule has 0 saturated carbocycles. The van der Waals surface area contributed by atoms with Crippen molar-refractivity contribution < 1.29 is 8.42 Å². The number of pyridine rings is 1. The number of sulfone groups is 1. The zero-order chi connectivity index (χ0) is 19.6. The van der Waals surface area contributed by atoms with Crippen LogP contribution in [0.5, 0.6) is 0 Å². The van der Waals surface area contributed by atoms with Gasteiger partial charge in [-0.3, -0.25) is 4.98 Å². The standard InChI is InChI=1S/C20H17N5O2S/c1-28(26,27)17-8-6-15(7-9-17)24-20-21-11-10-19(25-20)23-16-12-14-4-2-3-5-18(14)22-13-16/h2-13H,1H3,(H2,21,23,24,25). The highest BCUT2D eigenvalue weighted by molar-refractivity contribution is 7.90. The molecule has 4 aromatic rings. The molecule has 2 N–H and O–H groups in total. The van der Waals surface area contributed by atoms with Gasteiger partial charge in [0.15, 0.2) is 9.84 Å². The van der Waals surface area contributed by atoms with E-state index in [0.29, 0.717) is 17.5 Å². The van der Waals surface area contributed by atoms with E-state index < -0.39 is 9.84 Å². The molecule has 0 fully saturated rings. The minimum absolute atomic E-state index is 0.262. The molecule has 0 aliphatic rings. The number of hydrogen-bond acceptors (Lipinski definition) is 7. The van der Waals surface area contributed by atoms with Crippen LogP contribution in [0.2, 0.25) is 0 Å². The molecule has 0 unspecified atom stereocenters. The Labute approximate surface area is 162 Å². The highest BCUT2D eigenvalue weighted by Crippen LogP contribution is 2.21. The number of nitrogens with zero attached hydrogens (tertiary/aromatic N) is 3. The van der Waals surface area contributed by atoms with E-state index in [4.69, 9.17) is 0 Å². The molecule has 0 aliphatic heterocycles. The monoisotopic (exact) mass is 391 g/mol. The van der Waals surface area contributed by atoms with Gasteiger partial charge in [0.05, 0.1) is 22.3 Å². The summed E-state index contributed by atoms with van der Waals surface area (Å²) < 4.78 is 23.1. The minimum Gasteiger partial charge on any atom is -0.339 e. The second kappa shape index (κ2) is 7.24. The topological polar surface area (TPSA) is 96.9 Å². The van der Waals surface area contributed by atoms with E-state index in [-0.39, 0.29) is 4.90 Å². The van der Waals surface area contributed by atoms with Gasteiger partial charge in [0.2, 0.25) is 5.95 Å². The Bertz CT molecular complexity index is 1240. The summed E-state index contributed by atoms with van der Waals surface area (Å²) in [4.78, 5) is 13.3. The van der Waals surface area contributed by atoms with Crippen LogP contribution in [0.15, 0.2) is 78.0 Å². The van der Waals surface area contributed by atoms with E-state index in [0.717, 1.165) is 16.6 Å². The van der Waals surface area contributed by atoms with E-state index in [9.17, 15) is 8.42 Å². The molecule has 28 heavy (non-hydrogen) atoms. The maximum Gasteiger partial charge on any atom is 0.229 e. The van der Waals surface area contributed by atoms with Crippen molar-refractivity contribution in [3.63, 3.8) is 0 Å². The normalized spacial score (nSPS) is 11.3. The predicted octanol–water partition coefficient (Wildman–Crippen LogP) is 3.92. The summed E-state index contributed by atoms with van der Waals surface area (Å²) in [5.41, 5.74) is 2.44. The molecule has 2 aromatic heterocycles. The van der Waals surface area contributed by atoms with E-state index in [1.807, 2.05) is 30.3 Å². The summed E-state index contributed by atoms with van der Waals surface area (Å²) in [7, 11) is -3.22. The molecule has 2 aromatic carbocycles. The van der Waals surface area contributed by atoms with Crippen molar-refractivity contribution in [1.29, 1.82) is 0 Å². The lowest BCUT2D eigenvalue weighted by Gasteiger charge is -2.09. The van der Waals surface area contributed by atoms with Crippen molar-refractivity contribution in [3.8, 4) is 0 Å². The largest absolute Gasteiger partial charge is 0.339 e. The van der Waals surface area contributed by atoms with E-state index in [1.165, 1.54) is 6.26 Å². The Morgan fingerprint density at radius 2 is 1.64 bits per heavy atom. The summed E-state index contributed by atoms with van der Waals surface area (Å²) in [6, 6.07) is 18.1.